The SMILES string of the molecule is CCCCCc1ccc(CCc2ccc3c(F)c(CCc4ccc(OC(F)F)c(F)c4)ccc3c2)nc1. The van der Waals surface area contributed by atoms with E-state index in [-0.39, 0.29) is 5.82 Å². The van der Waals surface area contributed by atoms with E-state index < -0.39 is 18.2 Å². The molecule has 194 valence electrons. The third kappa shape index (κ3) is 7.31. The lowest BCUT2D eigenvalue weighted by Gasteiger charge is -2.10. The summed E-state index contributed by atoms with van der Waals surface area (Å²) in [7, 11) is 0. The van der Waals surface area contributed by atoms with Gasteiger partial charge in [-0.1, -0.05) is 62.2 Å². The van der Waals surface area contributed by atoms with Gasteiger partial charge < -0.3 is 4.74 Å². The maximum Gasteiger partial charge on any atom is 0.387 e. The number of alkyl halides is 2. The van der Waals surface area contributed by atoms with Crippen molar-refractivity contribution in [2.75, 3.05) is 0 Å². The molecule has 1 heterocycles. The van der Waals surface area contributed by atoms with Gasteiger partial charge in [0.2, 0.25) is 0 Å². The molecule has 0 unspecified atom stereocenters. The van der Waals surface area contributed by atoms with Crippen LogP contribution in [0.2, 0.25) is 0 Å². The minimum atomic E-state index is -3.09. The standard InChI is InChI=1S/C31H31F4NO/c1-2-3-4-5-23-8-15-26(36-20-23)14-7-21-9-16-27-25(18-21)13-12-24(30(27)33)11-6-22-10-17-29(28(32)19-22)37-31(34)35/h8-10,12-13,15-20,31H,2-7,11,14H2,1H3. The molecule has 3 aromatic carbocycles. The maximum absolute atomic E-state index is 15.2. The van der Waals surface area contributed by atoms with Crippen LogP contribution in [-0.2, 0) is 32.1 Å². The van der Waals surface area contributed by atoms with Crippen molar-refractivity contribution in [3.63, 3.8) is 0 Å². The molecule has 4 rings (SSSR count). The Morgan fingerprint density at radius 2 is 1.51 bits per heavy atom. The number of rotatable bonds is 12. The number of hydrogen-bond acceptors (Lipinski definition) is 2. The van der Waals surface area contributed by atoms with Crippen molar-refractivity contribution in [3.05, 3.63) is 106 Å². The fraction of sp³-hybridized carbons (Fsp3) is 0.323. The van der Waals surface area contributed by atoms with E-state index in [1.54, 1.807) is 6.07 Å². The summed E-state index contributed by atoms with van der Waals surface area (Å²) in [5, 5.41) is 1.38. The van der Waals surface area contributed by atoms with Crippen LogP contribution in [0.5, 0.6) is 5.75 Å². The highest BCUT2D eigenvalue weighted by atomic mass is 19.3. The highest BCUT2D eigenvalue weighted by molar-refractivity contribution is 5.84. The lowest BCUT2D eigenvalue weighted by Crippen LogP contribution is -2.04. The van der Waals surface area contributed by atoms with Gasteiger partial charge in [0.05, 0.1) is 0 Å². The molecule has 37 heavy (non-hydrogen) atoms. The van der Waals surface area contributed by atoms with E-state index in [4.69, 9.17) is 0 Å². The maximum atomic E-state index is 15.2. The van der Waals surface area contributed by atoms with Crippen molar-refractivity contribution in [3.8, 4) is 5.75 Å². The van der Waals surface area contributed by atoms with E-state index in [0.717, 1.165) is 42.0 Å². The number of pyridine rings is 1. The summed E-state index contributed by atoms with van der Waals surface area (Å²) < 4.78 is 57.9. The first-order valence-corrected chi connectivity index (χ1v) is 12.8. The zero-order valence-corrected chi connectivity index (χ0v) is 21.0. The molecule has 0 bridgehead atoms. The van der Waals surface area contributed by atoms with Crippen LogP contribution in [0.4, 0.5) is 17.6 Å². The summed E-state index contributed by atoms with van der Waals surface area (Å²) in [5.41, 5.74) is 4.55. The summed E-state index contributed by atoms with van der Waals surface area (Å²) in [6, 6.07) is 17.5. The summed E-state index contributed by atoms with van der Waals surface area (Å²) >= 11 is 0. The third-order valence-corrected chi connectivity index (χ3v) is 6.62. The number of unbranched alkanes of at least 4 members (excludes halogenated alkanes) is 2. The minimum Gasteiger partial charge on any atom is -0.432 e. The molecule has 0 aliphatic rings. The zero-order valence-electron chi connectivity index (χ0n) is 21.0. The lowest BCUT2D eigenvalue weighted by atomic mass is 9.97. The molecule has 0 aliphatic heterocycles. The number of fused-ring (bicyclic) bond motifs is 1. The number of benzene rings is 3. The largest absolute Gasteiger partial charge is 0.432 e. The topological polar surface area (TPSA) is 22.1 Å². The fourth-order valence-electron chi connectivity index (χ4n) is 4.51. The van der Waals surface area contributed by atoms with Gasteiger partial charge in [-0.25, -0.2) is 8.78 Å². The molecule has 0 atom stereocenters. The molecule has 0 saturated carbocycles. The Balaban J connectivity index is 1.37. The second-order valence-electron chi connectivity index (χ2n) is 9.35. The van der Waals surface area contributed by atoms with Gasteiger partial charge in [0.25, 0.3) is 0 Å². The molecule has 0 amide bonds. The number of aryl methyl sites for hydroxylation is 5. The molecule has 0 spiro atoms. The average molecular weight is 510 g/mol. The summed E-state index contributed by atoms with van der Waals surface area (Å²) in [6.07, 6.45) is 9.05. The van der Waals surface area contributed by atoms with Crippen molar-refractivity contribution in [1.29, 1.82) is 0 Å². The molecule has 6 heteroatoms. The number of ether oxygens (including phenoxy) is 1. The summed E-state index contributed by atoms with van der Waals surface area (Å²) in [5.74, 6) is -1.65. The first-order valence-electron chi connectivity index (χ1n) is 12.8. The van der Waals surface area contributed by atoms with Crippen LogP contribution in [0, 0.1) is 11.6 Å². The van der Waals surface area contributed by atoms with Gasteiger partial charge in [-0.3, -0.25) is 4.98 Å². The molecule has 2 nitrogen and oxygen atoms in total. The van der Waals surface area contributed by atoms with E-state index in [0.29, 0.717) is 29.4 Å². The minimum absolute atomic E-state index is 0.289. The molecular formula is C31H31F4NO. The Morgan fingerprint density at radius 1 is 0.757 bits per heavy atom. The van der Waals surface area contributed by atoms with E-state index in [1.807, 2.05) is 30.5 Å². The zero-order chi connectivity index (χ0) is 26.2. The number of hydrogen-bond donors (Lipinski definition) is 0. The van der Waals surface area contributed by atoms with Gasteiger partial charge in [0.1, 0.15) is 5.82 Å². The van der Waals surface area contributed by atoms with Gasteiger partial charge in [-0.15, -0.1) is 0 Å². The van der Waals surface area contributed by atoms with Crippen molar-refractivity contribution in [2.24, 2.45) is 0 Å². The molecule has 0 N–H and O–H groups in total. The van der Waals surface area contributed by atoms with Gasteiger partial charge in [-0.2, -0.15) is 8.78 Å². The molecule has 0 aliphatic carbocycles. The number of nitrogens with zero attached hydrogens (tertiary/aromatic N) is 1. The van der Waals surface area contributed by atoms with Crippen LogP contribution in [-0.4, -0.2) is 11.6 Å². The van der Waals surface area contributed by atoms with Crippen molar-refractivity contribution in [1.82, 2.24) is 4.98 Å². The Hall–Kier alpha value is -3.41. The molecule has 0 radical (unpaired) electrons. The predicted molar refractivity (Wildman–Crippen MR) is 139 cm³/mol. The highest BCUT2D eigenvalue weighted by Gasteiger charge is 2.12. The number of halogens is 4. The van der Waals surface area contributed by atoms with Crippen molar-refractivity contribution in [2.45, 2.75) is 64.9 Å². The van der Waals surface area contributed by atoms with Crippen LogP contribution < -0.4 is 4.74 Å². The van der Waals surface area contributed by atoms with E-state index >= 15 is 4.39 Å². The van der Waals surface area contributed by atoms with Crippen molar-refractivity contribution < 1.29 is 22.3 Å². The van der Waals surface area contributed by atoms with Crippen LogP contribution >= 0.6 is 0 Å². The second kappa shape index (κ2) is 12.7. The second-order valence-corrected chi connectivity index (χ2v) is 9.35. The van der Waals surface area contributed by atoms with Crippen LogP contribution in [0.15, 0.2) is 66.9 Å². The van der Waals surface area contributed by atoms with E-state index in [1.165, 1.54) is 37.0 Å². The predicted octanol–water partition coefficient (Wildman–Crippen LogP) is 8.42. The molecule has 4 aromatic rings. The smallest absolute Gasteiger partial charge is 0.387 e. The Bertz CT molecular complexity index is 1320. The molecule has 1 aromatic heterocycles. The van der Waals surface area contributed by atoms with Crippen LogP contribution in [0.1, 0.15) is 54.1 Å². The Labute approximate surface area is 215 Å². The lowest BCUT2D eigenvalue weighted by molar-refractivity contribution is -0.0522. The highest BCUT2D eigenvalue weighted by Crippen LogP contribution is 2.25. The molecule has 0 fully saturated rings. The third-order valence-electron chi connectivity index (χ3n) is 6.62. The van der Waals surface area contributed by atoms with Crippen LogP contribution in [0.25, 0.3) is 10.8 Å². The first-order chi connectivity index (χ1) is 17.9. The Morgan fingerprint density at radius 3 is 2.24 bits per heavy atom. The van der Waals surface area contributed by atoms with Gasteiger partial charge in [0, 0.05) is 17.3 Å². The normalized spacial score (nSPS) is 11.4. The van der Waals surface area contributed by atoms with Gasteiger partial charge in [0.15, 0.2) is 11.6 Å². The average Bonchev–Trinajstić information content (AvgIpc) is 2.89. The van der Waals surface area contributed by atoms with Crippen LogP contribution in [0.3, 0.4) is 0 Å². The van der Waals surface area contributed by atoms with E-state index in [9.17, 15) is 13.2 Å². The van der Waals surface area contributed by atoms with E-state index in [2.05, 4.69) is 28.8 Å². The fourth-order valence-corrected chi connectivity index (χ4v) is 4.51. The molecule has 0 saturated heterocycles. The summed E-state index contributed by atoms with van der Waals surface area (Å²) in [4.78, 5) is 4.60. The van der Waals surface area contributed by atoms with Gasteiger partial charge in [-0.05, 0) is 84.4 Å². The number of aromatic nitrogens is 1. The summed E-state index contributed by atoms with van der Waals surface area (Å²) in [6.45, 7) is -0.887. The van der Waals surface area contributed by atoms with Crippen molar-refractivity contribution >= 4 is 10.8 Å². The molecular weight excluding hydrogens is 478 g/mol. The Kier molecular flexibility index (Phi) is 9.15. The monoisotopic (exact) mass is 509 g/mol. The quantitative estimate of drug-likeness (QED) is 0.141. The first kappa shape index (κ1) is 26.6. The van der Waals surface area contributed by atoms with Gasteiger partial charge >= 0.3 is 6.61 Å².